The van der Waals surface area contributed by atoms with Gasteiger partial charge in [0.1, 0.15) is 0 Å². The molecule has 0 atom stereocenters. The molecule has 9 nitrogen and oxygen atoms in total. The zero-order chi connectivity index (χ0) is 19.6. The summed E-state index contributed by atoms with van der Waals surface area (Å²) in [6.45, 7) is -1.24. The van der Waals surface area contributed by atoms with E-state index in [1.165, 1.54) is 18.3 Å². The maximum Gasteiger partial charge on any atom is 0.341 e. The fourth-order valence-electron chi connectivity index (χ4n) is 1.94. The van der Waals surface area contributed by atoms with Gasteiger partial charge in [0.2, 0.25) is 0 Å². The molecule has 0 saturated heterocycles. The lowest BCUT2D eigenvalue weighted by Crippen LogP contribution is -2.17. The maximum atomic E-state index is 11.9. The Bertz CT molecular complexity index is 850. The molecule has 2 rings (SSSR count). The van der Waals surface area contributed by atoms with Crippen molar-refractivity contribution < 1.29 is 34.1 Å². The van der Waals surface area contributed by atoms with Crippen molar-refractivity contribution in [3.63, 3.8) is 0 Å². The number of carbonyl (C=O) groups excluding carboxylic acids is 1. The van der Waals surface area contributed by atoms with E-state index < -0.39 is 31.1 Å². The molecule has 27 heavy (non-hydrogen) atoms. The van der Waals surface area contributed by atoms with Crippen LogP contribution in [0.15, 0.2) is 53.6 Å². The minimum absolute atomic E-state index is 0.0389. The molecule has 0 aliphatic heterocycles. The highest BCUT2D eigenvalue weighted by Crippen LogP contribution is 2.28. The van der Waals surface area contributed by atoms with Gasteiger partial charge in [0.05, 0.1) is 6.21 Å². The third-order valence-electron chi connectivity index (χ3n) is 3.09. The van der Waals surface area contributed by atoms with Crippen LogP contribution in [0.5, 0.6) is 11.5 Å². The van der Waals surface area contributed by atoms with Crippen LogP contribution in [-0.4, -0.2) is 47.5 Å². The Morgan fingerprint density at radius 2 is 1.56 bits per heavy atom. The number of hydrogen-bond donors (Lipinski definition) is 3. The Balaban J connectivity index is 2.09. The average Bonchev–Trinajstić information content (AvgIpc) is 2.66. The van der Waals surface area contributed by atoms with Gasteiger partial charge >= 0.3 is 11.9 Å². The first-order chi connectivity index (χ1) is 13.0. The summed E-state index contributed by atoms with van der Waals surface area (Å²) in [6, 6.07) is 12.9. The van der Waals surface area contributed by atoms with E-state index in [1.807, 2.05) is 0 Å². The molecule has 2 aromatic carbocycles. The second-order valence-electron chi connectivity index (χ2n) is 5.14. The molecule has 0 fully saturated rings. The van der Waals surface area contributed by atoms with E-state index in [4.69, 9.17) is 19.7 Å². The topological polar surface area (TPSA) is 135 Å². The molecule has 0 unspecified atom stereocenters. The average molecular weight is 372 g/mol. The number of ether oxygens (including phenoxy) is 2. The van der Waals surface area contributed by atoms with Crippen LogP contribution in [0.4, 0.5) is 0 Å². The Morgan fingerprint density at radius 3 is 2.19 bits per heavy atom. The van der Waals surface area contributed by atoms with E-state index in [0.717, 1.165) is 0 Å². The third kappa shape index (κ3) is 6.50. The zero-order valence-electron chi connectivity index (χ0n) is 14.0. The van der Waals surface area contributed by atoms with Gasteiger partial charge in [0, 0.05) is 5.56 Å². The van der Waals surface area contributed by atoms with Crippen LogP contribution in [0.25, 0.3) is 0 Å². The van der Waals surface area contributed by atoms with Crippen molar-refractivity contribution >= 4 is 24.1 Å². The standard InChI is InChI=1S/C18H16N2O7/c21-16(22)10-26-14-7-6-12(8-15(14)27-11-17(23)24)9-19-20-18(25)13-4-2-1-3-5-13/h1-9H,10-11H2,(H,20,25)(H,21,22)(H,23,24)/b19-9+. The molecule has 140 valence electrons. The van der Waals surface area contributed by atoms with Gasteiger partial charge in [-0.1, -0.05) is 18.2 Å². The van der Waals surface area contributed by atoms with E-state index >= 15 is 0 Å². The summed E-state index contributed by atoms with van der Waals surface area (Å²) in [5.41, 5.74) is 3.28. The number of hydrogen-bond acceptors (Lipinski definition) is 6. The molecular formula is C18H16N2O7. The highest BCUT2D eigenvalue weighted by Gasteiger charge is 2.10. The number of aliphatic carboxylic acids is 2. The van der Waals surface area contributed by atoms with Crippen LogP contribution >= 0.6 is 0 Å². The van der Waals surface area contributed by atoms with Crippen molar-refractivity contribution in [3.05, 3.63) is 59.7 Å². The molecule has 0 spiro atoms. The predicted molar refractivity (Wildman–Crippen MR) is 94.2 cm³/mol. The van der Waals surface area contributed by atoms with E-state index in [-0.39, 0.29) is 11.5 Å². The van der Waals surface area contributed by atoms with Crippen LogP contribution in [0.3, 0.4) is 0 Å². The lowest BCUT2D eigenvalue weighted by atomic mass is 10.2. The van der Waals surface area contributed by atoms with Gasteiger partial charge in [0.25, 0.3) is 5.91 Å². The Labute approximate surface area is 153 Å². The highest BCUT2D eigenvalue weighted by molar-refractivity contribution is 5.94. The number of nitrogens with zero attached hydrogens (tertiary/aromatic N) is 1. The predicted octanol–water partition coefficient (Wildman–Crippen LogP) is 1.38. The number of carboxylic acid groups (broad SMARTS) is 2. The number of carbonyl (C=O) groups is 3. The summed E-state index contributed by atoms with van der Waals surface area (Å²) in [7, 11) is 0. The fourth-order valence-corrected chi connectivity index (χ4v) is 1.94. The quantitative estimate of drug-likeness (QED) is 0.447. The molecule has 0 aliphatic rings. The van der Waals surface area contributed by atoms with Crippen LogP contribution in [0.1, 0.15) is 15.9 Å². The van der Waals surface area contributed by atoms with Crippen molar-refractivity contribution in [3.8, 4) is 11.5 Å². The van der Waals surface area contributed by atoms with E-state index in [9.17, 15) is 14.4 Å². The first-order valence-electron chi connectivity index (χ1n) is 7.67. The minimum Gasteiger partial charge on any atom is -0.479 e. The maximum absolute atomic E-state index is 11.9. The molecule has 2 aromatic rings. The highest BCUT2D eigenvalue weighted by atomic mass is 16.5. The van der Waals surface area contributed by atoms with Gasteiger partial charge in [0.15, 0.2) is 24.7 Å². The van der Waals surface area contributed by atoms with Crippen molar-refractivity contribution in [2.45, 2.75) is 0 Å². The van der Waals surface area contributed by atoms with Gasteiger partial charge in [-0.15, -0.1) is 0 Å². The van der Waals surface area contributed by atoms with Gasteiger partial charge in [-0.2, -0.15) is 5.10 Å². The van der Waals surface area contributed by atoms with E-state index in [2.05, 4.69) is 10.5 Å². The molecule has 0 saturated carbocycles. The lowest BCUT2D eigenvalue weighted by Gasteiger charge is -2.11. The molecular weight excluding hydrogens is 356 g/mol. The molecule has 0 aromatic heterocycles. The van der Waals surface area contributed by atoms with Crippen LogP contribution in [-0.2, 0) is 9.59 Å². The van der Waals surface area contributed by atoms with E-state index in [0.29, 0.717) is 11.1 Å². The molecule has 0 heterocycles. The van der Waals surface area contributed by atoms with Gasteiger partial charge in [-0.3, -0.25) is 4.79 Å². The van der Waals surface area contributed by atoms with Crippen LogP contribution in [0.2, 0.25) is 0 Å². The van der Waals surface area contributed by atoms with Gasteiger partial charge in [-0.25, -0.2) is 15.0 Å². The Morgan fingerprint density at radius 1 is 0.926 bits per heavy atom. The molecule has 0 bridgehead atoms. The smallest absolute Gasteiger partial charge is 0.341 e. The summed E-state index contributed by atoms with van der Waals surface area (Å²) < 4.78 is 10.2. The van der Waals surface area contributed by atoms with Crippen molar-refractivity contribution in [1.29, 1.82) is 0 Å². The minimum atomic E-state index is -1.20. The van der Waals surface area contributed by atoms with E-state index in [1.54, 1.807) is 36.4 Å². The molecule has 1 amide bonds. The number of hydrazone groups is 1. The first kappa shape index (κ1) is 19.4. The van der Waals surface area contributed by atoms with Gasteiger partial charge in [-0.05, 0) is 35.9 Å². The number of carboxylic acids is 2. The van der Waals surface area contributed by atoms with Crippen molar-refractivity contribution in [2.75, 3.05) is 13.2 Å². The zero-order valence-corrected chi connectivity index (χ0v) is 14.0. The second-order valence-corrected chi connectivity index (χ2v) is 5.14. The normalized spacial score (nSPS) is 10.4. The summed E-state index contributed by atoms with van der Waals surface area (Å²) in [5, 5.41) is 21.2. The number of amides is 1. The van der Waals surface area contributed by atoms with Crippen LogP contribution < -0.4 is 14.9 Å². The SMILES string of the molecule is O=C(O)COc1ccc(/C=N/NC(=O)c2ccccc2)cc1OCC(=O)O. The lowest BCUT2D eigenvalue weighted by molar-refractivity contribution is -0.140. The number of benzene rings is 2. The number of rotatable bonds is 9. The monoisotopic (exact) mass is 372 g/mol. The molecule has 9 heteroatoms. The van der Waals surface area contributed by atoms with Crippen LogP contribution in [0, 0.1) is 0 Å². The third-order valence-corrected chi connectivity index (χ3v) is 3.09. The Kier molecular flexibility index (Phi) is 6.89. The number of nitrogens with one attached hydrogen (secondary N) is 1. The summed E-state index contributed by atoms with van der Waals surface area (Å²) in [5.74, 6) is -2.67. The molecule has 0 radical (unpaired) electrons. The summed E-state index contributed by atoms with van der Waals surface area (Å²) in [4.78, 5) is 33.2. The molecule has 3 N–H and O–H groups in total. The summed E-state index contributed by atoms with van der Waals surface area (Å²) in [6.07, 6.45) is 1.33. The first-order valence-corrected chi connectivity index (χ1v) is 7.67. The Hall–Kier alpha value is -3.88. The van der Waals surface area contributed by atoms with Crippen molar-refractivity contribution in [1.82, 2.24) is 5.43 Å². The fraction of sp³-hybridized carbons (Fsp3) is 0.111. The molecule has 0 aliphatic carbocycles. The largest absolute Gasteiger partial charge is 0.479 e. The second kappa shape index (κ2) is 9.56. The van der Waals surface area contributed by atoms with Crippen molar-refractivity contribution in [2.24, 2.45) is 5.10 Å². The van der Waals surface area contributed by atoms with Gasteiger partial charge < -0.3 is 19.7 Å². The summed E-state index contributed by atoms with van der Waals surface area (Å²) >= 11 is 0.